The van der Waals surface area contributed by atoms with Crippen molar-refractivity contribution < 1.29 is 13.9 Å². The molecule has 1 unspecified atom stereocenters. The maximum Gasteiger partial charge on any atom is 0.253 e. The minimum absolute atomic E-state index is 0.0919. The second-order valence-electron chi connectivity index (χ2n) is 8.19. The van der Waals surface area contributed by atoms with Crippen molar-refractivity contribution in [3.63, 3.8) is 0 Å². The van der Waals surface area contributed by atoms with E-state index < -0.39 is 0 Å². The monoisotopic (exact) mass is 487 g/mol. The molecule has 0 N–H and O–H groups in total. The van der Waals surface area contributed by atoms with Crippen molar-refractivity contribution in [2.24, 2.45) is 12.1 Å². The van der Waals surface area contributed by atoms with Crippen LogP contribution in [0.15, 0.2) is 81.6 Å². The van der Waals surface area contributed by atoms with Gasteiger partial charge < -0.3 is 13.7 Å². The normalized spacial score (nSPS) is 15.3. The number of hydrogen-bond acceptors (Lipinski definition) is 7. The smallest absolute Gasteiger partial charge is 0.253 e. The molecule has 2 aromatic carbocycles. The lowest BCUT2D eigenvalue weighted by molar-refractivity contribution is -0.130. The number of furan rings is 1. The molecule has 178 valence electrons. The quantitative estimate of drug-likeness (QED) is 0.346. The van der Waals surface area contributed by atoms with Gasteiger partial charge in [-0.3, -0.25) is 4.79 Å². The van der Waals surface area contributed by atoms with E-state index in [2.05, 4.69) is 10.2 Å². The number of ether oxygens (including phenoxy) is 1. The van der Waals surface area contributed by atoms with E-state index in [4.69, 9.17) is 14.3 Å². The third kappa shape index (κ3) is 4.59. The van der Waals surface area contributed by atoms with Gasteiger partial charge in [-0.15, -0.1) is 10.2 Å². The van der Waals surface area contributed by atoms with Crippen LogP contribution in [0, 0.1) is 6.92 Å². The fourth-order valence-electron chi connectivity index (χ4n) is 4.12. The first-order valence-electron chi connectivity index (χ1n) is 11.2. The number of hydrazone groups is 1. The molecule has 1 aliphatic rings. The van der Waals surface area contributed by atoms with Crippen LogP contribution in [0.2, 0.25) is 0 Å². The van der Waals surface area contributed by atoms with Crippen LogP contribution in [-0.4, -0.2) is 44.3 Å². The zero-order valence-corrected chi connectivity index (χ0v) is 20.5. The lowest BCUT2D eigenvalue weighted by Crippen LogP contribution is -2.28. The Kier molecular flexibility index (Phi) is 6.41. The first-order chi connectivity index (χ1) is 17.0. The number of thioether (sulfide) groups is 1. The van der Waals surface area contributed by atoms with Crippen molar-refractivity contribution in [3.05, 3.63) is 83.8 Å². The van der Waals surface area contributed by atoms with Gasteiger partial charge in [0.2, 0.25) is 0 Å². The highest BCUT2D eigenvalue weighted by Gasteiger charge is 2.33. The molecule has 0 bridgehead atoms. The molecule has 8 nitrogen and oxygen atoms in total. The van der Waals surface area contributed by atoms with Gasteiger partial charge in [-0.25, -0.2) is 5.01 Å². The number of nitrogens with zero attached hydrogens (tertiary/aromatic N) is 5. The molecule has 0 saturated carbocycles. The van der Waals surface area contributed by atoms with Gasteiger partial charge in [-0.2, -0.15) is 5.10 Å². The van der Waals surface area contributed by atoms with E-state index in [9.17, 15) is 4.79 Å². The largest absolute Gasteiger partial charge is 0.497 e. The molecule has 3 heterocycles. The average Bonchev–Trinajstić information content (AvgIpc) is 3.62. The summed E-state index contributed by atoms with van der Waals surface area (Å²) in [5.41, 5.74) is 3.80. The topological polar surface area (TPSA) is 85.8 Å². The van der Waals surface area contributed by atoms with Gasteiger partial charge in [0.25, 0.3) is 5.91 Å². The number of rotatable bonds is 7. The molecule has 9 heteroatoms. The van der Waals surface area contributed by atoms with E-state index in [0.717, 1.165) is 33.9 Å². The molecular weight excluding hydrogens is 462 g/mol. The fourth-order valence-corrected chi connectivity index (χ4v) is 4.88. The van der Waals surface area contributed by atoms with E-state index >= 15 is 0 Å². The molecule has 0 spiro atoms. The molecule has 0 aliphatic carbocycles. The Hall–Kier alpha value is -3.85. The lowest BCUT2D eigenvalue weighted by Gasteiger charge is -2.22. The number of carbonyl (C=O) groups is 1. The predicted octanol–water partition coefficient (Wildman–Crippen LogP) is 4.86. The van der Waals surface area contributed by atoms with Crippen molar-refractivity contribution in [1.82, 2.24) is 19.8 Å². The first kappa shape index (κ1) is 22.9. The summed E-state index contributed by atoms with van der Waals surface area (Å²) in [4.78, 5) is 13.4. The van der Waals surface area contributed by atoms with E-state index in [-0.39, 0.29) is 17.7 Å². The Morgan fingerprint density at radius 3 is 2.57 bits per heavy atom. The SMILES string of the molecule is COc1ccc(C2CC(c3ccccc3)=NN2C(=O)CSc2nnc(-c3ccoc3C)n2C)cc1. The van der Waals surface area contributed by atoms with Crippen molar-refractivity contribution in [2.45, 2.75) is 24.5 Å². The number of benzene rings is 2. The van der Waals surface area contributed by atoms with Gasteiger partial charge in [-0.05, 0) is 36.2 Å². The van der Waals surface area contributed by atoms with Crippen LogP contribution in [0.4, 0.5) is 0 Å². The Labute approximate surface area is 207 Å². The van der Waals surface area contributed by atoms with Crippen molar-refractivity contribution in [2.75, 3.05) is 12.9 Å². The number of aromatic nitrogens is 3. The van der Waals surface area contributed by atoms with Crippen LogP contribution in [0.5, 0.6) is 5.75 Å². The van der Waals surface area contributed by atoms with Gasteiger partial charge >= 0.3 is 0 Å². The van der Waals surface area contributed by atoms with E-state index in [1.165, 1.54) is 11.8 Å². The third-order valence-corrected chi connectivity index (χ3v) is 7.04. The molecule has 0 radical (unpaired) electrons. The average molecular weight is 488 g/mol. The maximum absolute atomic E-state index is 13.4. The van der Waals surface area contributed by atoms with E-state index in [1.54, 1.807) is 18.4 Å². The van der Waals surface area contributed by atoms with E-state index in [1.807, 2.05) is 79.2 Å². The highest BCUT2D eigenvalue weighted by Crippen LogP contribution is 2.34. The molecule has 5 rings (SSSR count). The van der Waals surface area contributed by atoms with Crippen LogP contribution < -0.4 is 4.74 Å². The van der Waals surface area contributed by atoms with Gasteiger partial charge in [-0.1, -0.05) is 54.2 Å². The second kappa shape index (κ2) is 9.79. The van der Waals surface area contributed by atoms with Crippen LogP contribution in [0.25, 0.3) is 11.4 Å². The van der Waals surface area contributed by atoms with Crippen LogP contribution in [0.1, 0.15) is 29.3 Å². The minimum Gasteiger partial charge on any atom is -0.497 e. The van der Waals surface area contributed by atoms with Crippen LogP contribution in [0.3, 0.4) is 0 Å². The Bertz CT molecular complexity index is 1360. The number of hydrogen-bond donors (Lipinski definition) is 0. The lowest BCUT2D eigenvalue weighted by atomic mass is 9.98. The Morgan fingerprint density at radius 2 is 1.89 bits per heavy atom. The van der Waals surface area contributed by atoms with Gasteiger partial charge in [0.05, 0.1) is 36.4 Å². The molecule has 0 fully saturated rings. The number of amides is 1. The molecule has 1 amide bonds. The molecule has 4 aromatic rings. The zero-order chi connectivity index (χ0) is 24.4. The zero-order valence-electron chi connectivity index (χ0n) is 19.7. The standard InChI is InChI=1S/C26H25N5O3S/c1-17-21(13-14-34-17)25-27-28-26(30(25)2)35-16-24(32)31-23(19-9-11-20(33-3)12-10-19)15-22(29-31)18-7-5-4-6-8-18/h4-14,23H,15-16H2,1-3H3. The summed E-state index contributed by atoms with van der Waals surface area (Å²) in [6, 6.07) is 19.4. The summed E-state index contributed by atoms with van der Waals surface area (Å²) in [5.74, 6) is 2.35. The number of aryl methyl sites for hydroxylation is 1. The third-order valence-electron chi connectivity index (χ3n) is 6.03. The van der Waals surface area contributed by atoms with Crippen molar-refractivity contribution >= 4 is 23.4 Å². The van der Waals surface area contributed by atoms with Gasteiger partial charge in [0.1, 0.15) is 11.5 Å². The Balaban J connectivity index is 1.37. The highest BCUT2D eigenvalue weighted by atomic mass is 32.2. The van der Waals surface area contributed by atoms with Crippen LogP contribution in [-0.2, 0) is 11.8 Å². The Morgan fingerprint density at radius 1 is 1.11 bits per heavy atom. The summed E-state index contributed by atoms with van der Waals surface area (Å²) in [6.07, 6.45) is 2.27. The highest BCUT2D eigenvalue weighted by molar-refractivity contribution is 7.99. The van der Waals surface area contributed by atoms with Gasteiger partial charge in [0, 0.05) is 13.5 Å². The number of carbonyl (C=O) groups excluding carboxylic acids is 1. The van der Waals surface area contributed by atoms with E-state index in [0.29, 0.717) is 17.4 Å². The molecule has 1 aliphatic heterocycles. The molecule has 1 atom stereocenters. The first-order valence-corrected chi connectivity index (χ1v) is 12.2. The van der Waals surface area contributed by atoms with Gasteiger partial charge in [0.15, 0.2) is 11.0 Å². The van der Waals surface area contributed by atoms with Crippen molar-refractivity contribution in [3.8, 4) is 17.1 Å². The summed E-state index contributed by atoms with van der Waals surface area (Å²) >= 11 is 1.34. The molecule has 2 aromatic heterocycles. The summed E-state index contributed by atoms with van der Waals surface area (Å²) in [5, 5.41) is 15.6. The number of methoxy groups -OCH3 is 1. The van der Waals surface area contributed by atoms with Crippen LogP contribution >= 0.6 is 11.8 Å². The molecule has 35 heavy (non-hydrogen) atoms. The summed E-state index contributed by atoms with van der Waals surface area (Å²) in [6.45, 7) is 1.88. The fraction of sp³-hybridized carbons (Fsp3) is 0.231. The maximum atomic E-state index is 13.4. The summed E-state index contributed by atoms with van der Waals surface area (Å²) < 4.78 is 12.6. The molecular formula is C26H25N5O3S. The second-order valence-corrected chi connectivity index (χ2v) is 9.13. The summed E-state index contributed by atoms with van der Waals surface area (Å²) in [7, 11) is 3.52. The minimum atomic E-state index is -0.187. The molecule has 0 saturated heterocycles. The predicted molar refractivity (Wildman–Crippen MR) is 134 cm³/mol. The van der Waals surface area contributed by atoms with Crippen molar-refractivity contribution in [1.29, 1.82) is 0 Å².